The van der Waals surface area contributed by atoms with E-state index in [-0.39, 0.29) is 5.91 Å². The van der Waals surface area contributed by atoms with E-state index in [4.69, 9.17) is 11.6 Å². The van der Waals surface area contributed by atoms with E-state index >= 15 is 0 Å². The monoisotopic (exact) mass is 380 g/mol. The minimum atomic E-state index is -0.157. The number of anilines is 2. The standard InChI is InChI=1S/C21H21ClN4O/c1-14-17(22)10-7-11-18(14)25-20-12-19(23-15(2)24-20)21(27)26(3)13-16-8-5-4-6-9-16/h4-12H,13H2,1-3H3,(H,23,24,25). The van der Waals surface area contributed by atoms with Gasteiger partial charge in [0, 0.05) is 30.4 Å². The zero-order valence-electron chi connectivity index (χ0n) is 15.5. The molecule has 0 radical (unpaired) electrons. The lowest BCUT2D eigenvalue weighted by molar-refractivity contribution is 0.0779. The van der Waals surface area contributed by atoms with E-state index in [9.17, 15) is 4.79 Å². The summed E-state index contributed by atoms with van der Waals surface area (Å²) in [4.78, 5) is 23.2. The molecule has 5 nitrogen and oxygen atoms in total. The highest BCUT2D eigenvalue weighted by Gasteiger charge is 2.16. The molecule has 0 atom stereocenters. The Kier molecular flexibility index (Phi) is 5.72. The lowest BCUT2D eigenvalue weighted by Crippen LogP contribution is -2.27. The van der Waals surface area contributed by atoms with Crippen LogP contribution in [0.5, 0.6) is 0 Å². The zero-order valence-corrected chi connectivity index (χ0v) is 16.3. The van der Waals surface area contributed by atoms with Gasteiger partial charge >= 0.3 is 0 Å². The third-order valence-electron chi connectivity index (χ3n) is 4.20. The van der Waals surface area contributed by atoms with Crippen molar-refractivity contribution in [2.24, 2.45) is 0 Å². The number of nitrogens with one attached hydrogen (secondary N) is 1. The molecule has 0 aliphatic carbocycles. The zero-order chi connectivity index (χ0) is 19.4. The van der Waals surface area contributed by atoms with E-state index in [2.05, 4.69) is 15.3 Å². The van der Waals surface area contributed by atoms with Crippen LogP contribution in [0, 0.1) is 13.8 Å². The summed E-state index contributed by atoms with van der Waals surface area (Å²) in [5.41, 5.74) is 3.18. The fourth-order valence-electron chi connectivity index (χ4n) is 2.75. The van der Waals surface area contributed by atoms with E-state index in [0.29, 0.717) is 28.9 Å². The number of carbonyl (C=O) groups excluding carboxylic acids is 1. The predicted molar refractivity (Wildman–Crippen MR) is 108 cm³/mol. The first-order valence-electron chi connectivity index (χ1n) is 8.61. The number of carbonyl (C=O) groups is 1. The molecule has 1 amide bonds. The topological polar surface area (TPSA) is 58.1 Å². The number of amides is 1. The van der Waals surface area contributed by atoms with E-state index in [1.54, 1.807) is 24.9 Å². The van der Waals surface area contributed by atoms with E-state index in [0.717, 1.165) is 16.8 Å². The molecule has 1 N–H and O–H groups in total. The summed E-state index contributed by atoms with van der Waals surface area (Å²) in [6, 6.07) is 17.1. The highest BCUT2D eigenvalue weighted by molar-refractivity contribution is 6.31. The predicted octanol–water partition coefficient (Wildman–Crippen LogP) is 4.76. The van der Waals surface area contributed by atoms with Crippen molar-refractivity contribution in [1.29, 1.82) is 0 Å². The number of halogens is 1. The normalized spacial score (nSPS) is 10.5. The fourth-order valence-corrected chi connectivity index (χ4v) is 2.92. The second-order valence-corrected chi connectivity index (χ2v) is 6.78. The second-order valence-electron chi connectivity index (χ2n) is 6.37. The van der Waals surface area contributed by atoms with Crippen LogP contribution in [0.25, 0.3) is 0 Å². The summed E-state index contributed by atoms with van der Waals surface area (Å²) in [5.74, 6) is 0.927. The molecule has 1 aromatic heterocycles. The number of hydrogen-bond donors (Lipinski definition) is 1. The third kappa shape index (κ3) is 4.63. The summed E-state index contributed by atoms with van der Waals surface area (Å²) in [6.07, 6.45) is 0. The average molecular weight is 381 g/mol. The number of aromatic nitrogens is 2. The molecule has 3 aromatic rings. The third-order valence-corrected chi connectivity index (χ3v) is 4.61. The van der Waals surface area contributed by atoms with Crippen LogP contribution >= 0.6 is 11.6 Å². The minimum Gasteiger partial charge on any atom is -0.340 e. The van der Waals surface area contributed by atoms with Crippen LogP contribution in [0.1, 0.15) is 27.4 Å². The summed E-state index contributed by atoms with van der Waals surface area (Å²) in [5, 5.41) is 3.90. The molecule has 0 aliphatic heterocycles. The van der Waals surface area contributed by atoms with Gasteiger partial charge in [-0.2, -0.15) is 0 Å². The van der Waals surface area contributed by atoms with Crippen molar-refractivity contribution in [2.45, 2.75) is 20.4 Å². The maximum Gasteiger partial charge on any atom is 0.272 e. The molecule has 6 heteroatoms. The highest BCUT2D eigenvalue weighted by Crippen LogP contribution is 2.25. The van der Waals surface area contributed by atoms with Crippen molar-refractivity contribution >= 4 is 29.0 Å². The molecule has 27 heavy (non-hydrogen) atoms. The number of rotatable bonds is 5. The van der Waals surface area contributed by atoms with Gasteiger partial charge in [-0.05, 0) is 37.1 Å². The van der Waals surface area contributed by atoms with Crippen molar-refractivity contribution < 1.29 is 4.79 Å². The SMILES string of the molecule is Cc1nc(Nc2cccc(Cl)c2C)cc(C(=O)N(C)Cc2ccccc2)n1. The van der Waals surface area contributed by atoms with Gasteiger partial charge in [0.05, 0.1) is 0 Å². The molecular formula is C21H21ClN4O. The van der Waals surface area contributed by atoms with Crippen LogP contribution in [-0.2, 0) is 6.54 Å². The van der Waals surface area contributed by atoms with Crippen LogP contribution in [-0.4, -0.2) is 27.8 Å². The Labute approximate surface area is 164 Å². The van der Waals surface area contributed by atoms with Gasteiger partial charge in [0.2, 0.25) is 0 Å². The van der Waals surface area contributed by atoms with E-state index in [1.807, 2.05) is 55.5 Å². The van der Waals surface area contributed by atoms with Gasteiger partial charge in [0.25, 0.3) is 5.91 Å². The Morgan fingerprint density at radius 1 is 1.07 bits per heavy atom. The molecule has 0 aliphatic rings. The van der Waals surface area contributed by atoms with Crippen LogP contribution in [0.2, 0.25) is 5.02 Å². The molecule has 1 heterocycles. The molecule has 0 fully saturated rings. The lowest BCUT2D eigenvalue weighted by atomic mass is 10.2. The number of aryl methyl sites for hydroxylation is 1. The van der Waals surface area contributed by atoms with Gasteiger partial charge in [-0.25, -0.2) is 9.97 Å². The molecule has 0 unspecified atom stereocenters. The Balaban J connectivity index is 1.82. The number of nitrogens with zero attached hydrogens (tertiary/aromatic N) is 3. The van der Waals surface area contributed by atoms with Crippen molar-refractivity contribution in [2.75, 3.05) is 12.4 Å². The van der Waals surface area contributed by atoms with Crippen LogP contribution in [0.4, 0.5) is 11.5 Å². The Bertz CT molecular complexity index is 960. The van der Waals surface area contributed by atoms with Crippen molar-refractivity contribution in [3.8, 4) is 0 Å². The summed E-state index contributed by atoms with van der Waals surface area (Å²) in [6.45, 7) is 4.21. The van der Waals surface area contributed by atoms with Crippen molar-refractivity contribution in [3.63, 3.8) is 0 Å². The van der Waals surface area contributed by atoms with Gasteiger partial charge in [-0.15, -0.1) is 0 Å². The number of benzene rings is 2. The smallest absolute Gasteiger partial charge is 0.272 e. The van der Waals surface area contributed by atoms with Gasteiger partial charge in [-0.3, -0.25) is 4.79 Å². The first kappa shape index (κ1) is 18.9. The summed E-state index contributed by atoms with van der Waals surface area (Å²) >= 11 is 6.18. The van der Waals surface area contributed by atoms with Crippen LogP contribution in [0.15, 0.2) is 54.6 Å². The molecule has 138 valence electrons. The first-order valence-corrected chi connectivity index (χ1v) is 8.99. The van der Waals surface area contributed by atoms with Gasteiger partial charge in [-0.1, -0.05) is 48.0 Å². The Morgan fingerprint density at radius 2 is 1.81 bits per heavy atom. The highest BCUT2D eigenvalue weighted by atomic mass is 35.5. The maximum atomic E-state index is 12.8. The molecule has 2 aromatic carbocycles. The second kappa shape index (κ2) is 8.18. The Morgan fingerprint density at radius 3 is 2.56 bits per heavy atom. The van der Waals surface area contributed by atoms with Crippen LogP contribution < -0.4 is 5.32 Å². The maximum absolute atomic E-state index is 12.8. The van der Waals surface area contributed by atoms with Crippen molar-refractivity contribution in [3.05, 3.63) is 82.3 Å². The van der Waals surface area contributed by atoms with Gasteiger partial charge < -0.3 is 10.2 Å². The minimum absolute atomic E-state index is 0.157. The largest absolute Gasteiger partial charge is 0.340 e. The molecule has 0 saturated heterocycles. The van der Waals surface area contributed by atoms with Crippen molar-refractivity contribution in [1.82, 2.24) is 14.9 Å². The molecule has 0 bridgehead atoms. The average Bonchev–Trinajstić information content (AvgIpc) is 2.65. The van der Waals surface area contributed by atoms with Gasteiger partial charge in [0.1, 0.15) is 17.3 Å². The molecule has 0 spiro atoms. The Hall–Kier alpha value is -2.92. The molecular weight excluding hydrogens is 360 g/mol. The van der Waals surface area contributed by atoms with Gasteiger partial charge in [0.15, 0.2) is 0 Å². The summed E-state index contributed by atoms with van der Waals surface area (Å²) in [7, 11) is 1.76. The first-order chi connectivity index (χ1) is 12.9. The number of hydrogen-bond acceptors (Lipinski definition) is 4. The van der Waals surface area contributed by atoms with E-state index < -0.39 is 0 Å². The molecule has 0 saturated carbocycles. The fraction of sp³-hybridized carbons (Fsp3) is 0.190. The lowest BCUT2D eigenvalue weighted by Gasteiger charge is -2.18. The summed E-state index contributed by atoms with van der Waals surface area (Å²) < 4.78 is 0. The molecule has 3 rings (SSSR count). The van der Waals surface area contributed by atoms with Crippen LogP contribution in [0.3, 0.4) is 0 Å². The quantitative estimate of drug-likeness (QED) is 0.693. The van der Waals surface area contributed by atoms with E-state index in [1.165, 1.54) is 0 Å².